The van der Waals surface area contributed by atoms with Crippen LogP contribution in [0.1, 0.15) is 148 Å². The highest BCUT2D eigenvalue weighted by Gasteiger charge is 2.64. The Bertz CT molecular complexity index is 4350. The Morgan fingerprint density at radius 2 is 1.06 bits per heavy atom. The van der Waals surface area contributed by atoms with Crippen LogP contribution in [0.4, 0.5) is 0 Å². The minimum atomic E-state index is -3.94. The third-order valence-electron chi connectivity index (χ3n) is 20.8. The molecular formula is C72H85Cl2N9O13S3. The summed E-state index contributed by atoms with van der Waals surface area (Å²) >= 11 is 16.5. The molecule has 528 valence electrons. The maximum atomic E-state index is 14.3. The molecule has 27 heteroatoms. The highest BCUT2D eigenvalue weighted by atomic mass is 35.5. The Hall–Kier alpha value is -7.45. The lowest BCUT2D eigenvalue weighted by atomic mass is 9.93. The van der Waals surface area contributed by atoms with Crippen LogP contribution in [0.5, 0.6) is 23.0 Å². The van der Waals surface area contributed by atoms with E-state index in [2.05, 4.69) is 43.1 Å². The van der Waals surface area contributed by atoms with Crippen LogP contribution in [-0.4, -0.2) is 148 Å². The molecule has 7 aliphatic rings. The molecule has 0 radical (unpaired) electrons. The molecule has 6 aromatic rings. The number of benzene rings is 2. The minimum Gasteiger partial charge on any atom is -0.495 e. The van der Waals surface area contributed by atoms with Crippen molar-refractivity contribution < 1.29 is 61.2 Å². The minimum absolute atomic E-state index is 0.132. The number of nitrogens with zero attached hydrogens (tertiary/aromatic N) is 6. The summed E-state index contributed by atoms with van der Waals surface area (Å²) in [5.41, 5.74) is 1.26. The number of amides is 5. The number of aromatic nitrogens is 4. The number of carboxylic acids is 1. The molecule has 22 nitrogen and oxygen atoms in total. The molecule has 2 aliphatic heterocycles. The van der Waals surface area contributed by atoms with Gasteiger partial charge in [-0.3, -0.25) is 28.7 Å². The van der Waals surface area contributed by atoms with E-state index in [1.807, 2.05) is 59.3 Å². The number of thiazole rings is 2. The molecule has 2 aromatic carbocycles. The Morgan fingerprint density at radius 1 is 0.636 bits per heavy atom. The molecule has 13 rings (SSSR count). The molecule has 4 N–H and O–H groups in total. The zero-order valence-corrected chi connectivity index (χ0v) is 61.0. The number of carbonyl (C=O) groups is 6. The number of hydrogen-bond acceptors (Lipinski definition) is 18. The number of nitrogens with one attached hydrogen (secondary N) is 3. The van der Waals surface area contributed by atoms with Crippen molar-refractivity contribution >= 4 is 113 Å². The van der Waals surface area contributed by atoms with E-state index < -0.39 is 85.4 Å². The summed E-state index contributed by atoms with van der Waals surface area (Å²) in [6, 6.07) is 10.8. The highest BCUT2D eigenvalue weighted by molar-refractivity contribution is 7.91. The van der Waals surface area contributed by atoms with E-state index in [-0.39, 0.29) is 61.2 Å². The van der Waals surface area contributed by atoms with Gasteiger partial charge >= 0.3 is 5.97 Å². The molecule has 0 saturated heterocycles. The second-order valence-electron chi connectivity index (χ2n) is 28.4. The van der Waals surface area contributed by atoms with Crippen LogP contribution >= 0.6 is 45.9 Å². The number of hydrogen-bond donors (Lipinski definition) is 4. The maximum Gasteiger partial charge on any atom is 0.330 e. The van der Waals surface area contributed by atoms with Crippen molar-refractivity contribution in [2.45, 2.75) is 164 Å². The van der Waals surface area contributed by atoms with E-state index >= 15 is 0 Å². The van der Waals surface area contributed by atoms with E-state index in [1.54, 1.807) is 50.1 Å². The van der Waals surface area contributed by atoms with Crippen LogP contribution in [0.25, 0.3) is 43.2 Å². The van der Waals surface area contributed by atoms with Gasteiger partial charge in [0.25, 0.3) is 5.91 Å². The van der Waals surface area contributed by atoms with Gasteiger partial charge in [0.05, 0.1) is 65.1 Å². The number of carbonyl (C=O) groups excluding carboxylic acids is 5. The molecule has 6 heterocycles. The highest BCUT2D eigenvalue weighted by Crippen LogP contribution is 2.51. The molecule has 5 aliphatic carbocycles. The molecular weight excluding hydrogens is 1370 g/mol. The summed E-state index contributed by atoms with van der Waals surface area (Å²) in [5, 5.41) is 23.3. The SMILES string of the molecule is COc1ccc2c(OC3C[C@H]4C(=O)N[C@]5(C(=O)NS(=O)(=O)C6(C)CC6)C[C@H]5/C=C\CCCCN(C)C(=O)[C@@H]4C3)cc(-c3nc(C(C)C)cs3)nc2c1Cl.COc1ccc2c(OC3C[C@H]4C(=O)N[C@]5(C(=O)O)C[C@H]5/C=C\CCCCN(C)C(=O)[C@@H]4C3)cc(-c3nc(C(C)C)cs3)nc2c1Cl. The van der Waals surface area contributed by atoms with E-state index in [1.165, 1.54) is 29.8 Å². The van der Waals surface area contributed by atoms with Crippen molar-refractivity contribution in [2.75, 3.05) is 41.4 Å². The quantitative estimate of drug-likeness (QED) is 0.0737. The molecule has 4 aromatic heterocycles. The number of carboxylic acid groups (broad SMARTS) is 1. The van der Waals surface area contributed by atoms with Crippen molar-refractivity contribution in [1.29, 1.82) is 0 Å². The molecule has 5 saturated carbocycles. The number of halogens is 2. The van der Waals surface area contributed by atoms with E-state index in [4.69, 9.17) is 62.1 Å². The van der Waals surface area contributed by atoms with Crippen LogP contribution in [0.15, 0.2) is 71.5 Å². The predicted molar refractivity (Wildman–Crippen MR) is 380 cm³/mol. The van der Waals surface area contributed by atoms with Crippen molar-refractivity contribution in [2.24, 2.45) is 35.5 Å². The Kier molecular flexibility index (Phi) is 20.6. The second kappa shape index (κ2) is 28.5. The first kappa shape index (κ1) is 71.4. The number of methoxy groups -OCH3 is 2. The third-order valence-corrected chi connectivity index (χ3v) is 25.4. The Morgan fingerprint density at radius 3 is 1.47 bits per heavy atom. The van der Waals surface area contributed by atoms with Crippen LogP contribution < -0.4 is 34.3 Å². The standard InChI is InChI=1S/C38H46ClN5O7S2.C34H39ClN4O6S/c1-21(2)28-20-52-34(41-28)27-18-30(24-11-12-29(50-5)31(39)32(24)40-27)51-23-16-25-26(17-23)35(46)44(4)15-9-7-6-8-10-22-19-38(22,42-33(25)45)36(47)43-53(48,49)37(3)13-14-37;1-18(2)25-17-46-31(37-25)24-15-27(21-10-11-26(44-4)28(35)29(21)36-24)45-20-13-22-23(14-20)32(41)39(3)12-8-6-5-7-9-19-16-34(19,33(42)43)38-30(22)40/h8,10-12,18,20-23,25-26H,6-7,9,13-17,19H2,1-5H3,(H,42,45)(H,43,47);7,9-11,15,17-20,22-23H,5-6,8,12-14,16H2,1-4H3,(H,38,40)(H,42,43)/b10-8-;9-7-/t22-,23?,25-,26-,38-;19-,20?,22-,23-,34-/m11/s1. The summed E-state index contributed by atoms with van der Waals surface area (Å²) in [5.74, 6) is -4.18. The second-order valence-corrected chi connectivity index (χ2v) is 33.0. The summed E-state index contributed by atoms with van der Waals surface area (Å²) in [7, 11) is 2.65. The maximum absolute atomic E-state index is 14.3. The third kappa shape index (κ3) is 14.5. The van der Waals surface area contributed by atoms with Crippen LogP contribution in [0.3, 0.4) is 0 Å². The fraction of sp³-hybridized carbons (Fsp3) is 0.528. The van der Waals surface area contributed by atoms with Crippen molar-refractivity contribution in [1.82, 2.24) is 45.1 Å². The first-order chi connectivity index (χ1) is 47.2. The molecule has 99 heavy (non-hydrogen) atoms. The predicted octanol–water partition coefficient (Wildman–Crippen LogP) is 12.1. The average molecular weight is 1450 g/mol. The van der Waals surface area contributed by atoms with Crippen LogP contribution in [0, 0.1) is 35.5 Å². The zero-order chi connectivity index (χ0) is 70.6. The van der Waals surface area contributed by atoms with Crippen molar-refractivity contribution in [3.63, 3.8) is 0 Å². The number of ether oxygens (including phenoxy) is 4. The summed E-state index contributed by atoms with van der Waals surface area (Å²) in [6.07, 6.45) is 14.1. The largest absolute Gasteiger partial charge is 0.495 e. The Balaban J connectivity index is 0.000000190. The molecule has 2 unspecified atom stereocenters. The van der Waals surface area contributed by atoms with Crippen molar-refractivity contribution in [3.05, 3.63) is 92.9 Å². The van der Waals surface area contributed by atoms with Gasteiger partial charge in [-0.15, -0.1) is 22.7 Å². The lowest BCUT2D eigenvalue weighted by Crippen LogP contribution is -2.55. The number of fused-ring (bicyclic) bond motifs is 6. The molecule has 0 bridgehead atoms. The fourth-order valence-electron chi connectivity index (χ4n) is 14.0. The lowest BCUT2D eigenvalue weighted by molar-refractivity contribution is -0.145. The first-order valence-electron chi connectivity index (χ1n) is 34.1. The number of pyridine rings is 2. The summed E-state index contributed by atoms with van der Waals surface area (Å²) in [4.78, 5) is 105. The van der Waals surface area contributed by atoms with Gasteiger partial charge in [0.15, 0.2) is 0 Å². The molecule has 10 atom stereocenters. The van der Waals surface area contributed by atoms with E-state index in [0.29, 0.717) is 110 Å². The van der Waals surface area contributed by atoms with Gasteiger partial charge in [-0.25, -0.2) is 33.1 Å². The van der Waals surface area contributed by atoms with Crippen LogP contribution in [0.2, 0.25) is 10.0 Å². The topological polar surface area (TPSA) is 288 Å². The van der Waals surface area contributed by atoms with Gasteiger partial charge in [-0.1, -0.05) is 75.2 Å². The Labute approximate surface area is 594 Å². The van der Waals surface area contributed by atoms with Gasteiger partial charge in [0.1, 0.15) is 77.7 Å². The van der Waals surface area contributed by atoms with Gasteiger partial charge < -0.3 is 44.5 Å². The van der Waals surface area contributed by atoms with E-state index in [0.717, 1.165) is 54.9 Å². The van der Waals surface area contributed by atoms with Gasteiger partial charge in [0.2, 0.25) is 33.7 Å². The molecule has 5 amide bonds. The summed E-state index contributed by atoms with van der Waals surface area (Å²) < 4.78 is 51.8. The van der Waals surface area contributed by atoms with Gasteiger partial charge in [0, 0.05) is 72.7 Å². The van der Waals surface area contributed by atoms with E-state index in [9.17, 15) is 42.3 Å². The lowest BCUT2D eigenvalue weighted by Gasteiger charge is -2.27. The van der Waals surface area contributed by atoms with Gasteiger partial charge in [-0.05, 0) is 133 Å². The number of aliphatic carboxylic acids is 1. The molecule has 5 fully saturated rings. The van der Waals surface area contributed by atoms with Gasteiger partial charge in [-0.2, -0.15) is 0 Å². The fourth-order valence-corrected chi connectivity index (χ4v) is 17.8. The normalized spacial score (nSPS) is 27.6. The monoisotopic (exact) mass is 1450 g/mol. The number of rotatable bonds is 14. The number of sulfonamides is 1. The number of allylic oxidation sites excluding steroid dienone is 2. The summed E-state index contributed by atoms with van der Waals surface area (Å²) in [6.45, 7) is 11.0. The van der Waals surface area contributed by atoms with Crippen molar-refractivity contribution in [3.8, 4) is 44.4 Å². The van der Waals surface area contributed by atoms with Crippen LogP contribution in [-0.2, 0) is 38.8 Å². The molecule has 0 spiro atoms. The zero-order valence-electron chi connectivity index (χ0n) is 57.0. The smallest absolute Gasteiger partial charge is 0.330 e. The first-order valence-corrected chi connectivity index (χ1v) is 38.0. The average Bonchev–Trinajstić information content (AvgIpc) is 1.58.